The van der Waals surface area contributed by atoms with Crippen LogP contribution in [-0.4, -0.2) is 70.9 Å². The van der Waals surface area contributed by atoms with Gasteiger partial charge in [0.15, 0.2) is 0 Å². The summed E-state index contributed by atoms with van der Waals surface area (Å²) in [6, 6.07) is 10.8. The van der Waals surface area contributed by atoms with E-state index in [1.165, 1.54) is 11.1 Å². The number of piperidine rings is 1. The molecule has 0 unspecified atom stereocenters. The van der Waals surface area contributed by atoms with Gasteiger partial charge in [0.25, 0.3) is 0 Å². The zero-order valence-electron chi connectivity index (χ0n) is 31.7. The van der Waals surface area contributed by atoms with Crippen molar-refractivity contribution in [3.05, 3.63) is 58.9 Å². The van der Waals surface area contributed by atoms with E-state index < -0.39 is 0 Å². The van der Waals surface area contributed by atoms with E-state index in [0.717, 1.165) is 65.5 Å². The van der Waals surface area contributed by atoms with E-state index in [0.29, 0.717) is 58.2 Å². The zero-order chi connectivity index (χ0) is 36.7. The lowest BCUT2D eigenvalue weighted by molar-refractivity contribution is -0.124. The average molecular weight is 729 g/mol. The summed E-state index contributed by atoms with van der Waals surface area (Å²) in [6.07, 6.45) is 13.5. The molecule has 3 aromatic rings. The Bertz CT molecular complexity index is 1730. The number of carbonyl (C=O) groups excluding carboxylic acids is 2. The molecule has 0 atom stereocenters. The molecular formula is C42H56N4O5S. The van der Waals surface area contributed by atoms with Gasteiger partial charge >= 0.3 is 6.09 Å². The van der Waals surface area contributed by atoms with Crippen LogP contribution in [0.1, 0.15) is 114 Å². The molecule has 10 heteroatoms. The number of likely N-dealkylation sites (tertiary alicyclic amines) is 1. The molecule has 1 aromatic carbocycles. The third-order valence-corrected chi connectivity index (χ3v) is 14.1. The Morgan fingerprint density at radius 1 is 0.962 bits per heavy atom. The number of aryl methyl sites for hydroxylation is 1. The molecule has 1 saturated heterocycles. The number of nitrogens with zero attached hydrogens (tertiary/aromatic N) is 4. The molecule has 5 fully saturated rings. The van der Waals surface area contributed by atoms with Crippen LogP contribution < -0.4 is 9.64 Å². The van der Waals surface area contributed by atoms with Crippen molar-refractivity contribution in [2.75, 3.05) is 31.6 Å². The molecule has 2 bridgehead atoms. The minimum atomic E-state index is -0.339. The normalized spacial score (nSPS) is 26.6. The summed E-state index contributed by atoms with van der Waals surface area (Å²) in [5.74, 6) is 1.65. The van der Waals surface area contributed by atoms with Gasteiger partial charge in [-0.15, -0.1) is 11.3 Å². The maximum atomic E-state index is 14.7. The lowest BCUT2D eigenvalue weighted by atomic mass is 9.51. The standard InChI is InChI=1S/C42H56N4O5S/c1-28-24-31(8-11-34(28)50-5)42-18-15-41(16-19-42,17-20-42)27-46(36-25-30(12-21-43-36)35-26-44-38(52-35)40(2,3)4)37(48)29-6-9-33(10-7-29)51-39(49)45-22-13-32(47)14-23-45/h8,11-12,21,24-26,29,32-33,47H,6-7,9-10,13-20,22-23,27H2,1-5H3. The van der Waals surface area contributed by atoms with Gasteiger partial charge in [-0.3, -0.25) is 9.69 Å². The number of hydrogen-bond acceptors (Lipinski definition) is 8. The number of hydrogen-bond donors (Lipinski definition) is 1. The number of anilines is 1. The molecule has 52 heavy (non-hydrogen) atoms. The minimum Gasteiger partial charge on any atom is -0.496 e. The number of methoxy groups -OCH3 is 1. The Morgan fingerprint density at radius 3 is 2.27 bits per heavy atom. The van der Waals surface area contributed by atoms with Gasteiger partial charge in [-0.1, -0.05) is 32.9 Å². The second-order valence-corrected chi connectivity index (χ2v) is 18.2. The highest BCUT2D eigenvalue weighted by molar-refractivity contribution is 7.15. The van der Waals surface area contributed by atoms with Crippen LogP contribution in [-0.2, 0) is 20.4 Å². The number of ether oxygens (including phenoxy) is 2. The Hall–Kier alpha value is -3.50. The summed E-state index contributed by atoms with van der Waals surface area (Å²) in [7, 11) is 1.73. The number of fused-ring (bicyclic) bond motifs is 3. The number of aromatic nitrogens is 2. The molecule has 280 valence electrons. The van der Waals surface area contributed by atoms with Crippen molar-refractivity contribution in [3.8, 4) is 16.2 Å². The average Bonchev–Trinajstić information content (AvgIpc) is 3.67. The van der Waals surface area contributed by atoms with Gasteiger partial charge in [-0.05, 0) is 130 Å². The molecule has 4 saturated carbocycles. The highest BCUT2D eigenvalue weighted by atomic mass is 32.1. The fourth-order valence-electron chi connectivity index (χ4n) is 9.14. The number of carbonyl (C=O) groups is 2. The van der Waals surface area contributed by atoms with Gasteiger partial charge in [-0.2, -0.15) is 0 Å². The third kappa shape index (κ3) is 7.61. The van der Waals surface area contributed by atoms with Crippen LogP contribution in [0.5, 0.6) is 5.75 Å². The summed E-state index contributed by atoms with van der Waals surface area (Å²) in [5.41, 5.74) is 3.85. The Morgan fingerprint density at radius 2 is 1.65 bits per heavy atom. The van der Waals surface area contributed by atoms with Crippen molar-refractivity contribution < 1.29 is 24.2 Å². The van der Waals surface area contributed by atoms with Crippen LogP contribution in [0.2, 0.25) is 0 Å². The van der Waals surface area contributed by atoms with E-state index in [4.69, 9.17) is 19.4 Å². The summed E-state index contributed by atoms with van der Waals surface area (Å²) in [5, 5.41) is 10.9. The van der Waals surface area contributed by atoms with Crippen LogP contribution in [0.3, 0.4) is 0 Å². The molecule has 3 heterocycles. The third-order valence-electron chi connectivity index (χ3n) is 12.6. The molecule has 1 N–H and O–H groups in total. The minimum absolute atomic E-state index is 0.0366. The SMILES string of the molecule is COc1ccc(C23CCC(CN(C(=O)C4CCC(OC(=O)N5CCC(O)CC5)CC4)c4cc(-c5cnc(C(C)(C)C)s5)ccn4)(CC2)CC3)cc1C. The fourth-order valence-corrected chi connectivity index (χ4v) is 10.1. The van der Waals surface area contributed by atoms with E-state index in [9.17, 15) is 14.7 Å². The summed E-state index contributed by atoms with van der Waals surface area (Å²) >= 11 is 1.70. The van der Waals surface area contributed by atoms with Crippen molar-refractivity contribution in [1.29, 1.82) is 0 Å². The Kier molecular flexibility index (Phi) is 10.4. The van der Waals surface area contributed by atoms with E-state index >= 15 is 0 Å². The van der Waals surface area contributed by atoms with Gasteiger partial charge in [-0.25, -0.2) is 14.8 Å². The molecular weight excluding hydrogens is 673 g/mol. The Labute approximate surface area is 313 Å². The topological polar surface area (TPSA) is 105 Å². The number of benzene rings is 1. The van der Waals surface area contributed by atoms with Crippen molar-refractivity contribution in [2.24, 2.45) is 11.3 Å². The molecule has 8 rings (SSSR count). The first-order valence-electron chi connectivity index (χ1n) is 19.4. The van der Waals surface area contributed by atoms with E-state index in [1.54, 1.807) is 23.3 Å². The van der Waals surface area contributed by atoms with Gasteiger partial charge in [0.2, 0.25) is 5.91 Å². The number of pyridine rings is 1. The maximum absolute atomic E-state index is 14.7. The molecule has 1 aliphatic heterocycles. The molecule has 4 aliphatic carbocycles. The fraction of sp³-hybridized carbons (Fsp3) is 0.619. The van der Waals surface area contributed by atoms with Crippen LogP contribution in [0.4, 0.5) is 10.6 Å². The highest BCUT2D eigenvalue weighted by Crippen LogP contribution is 2.58. The van der Waals surface area contributed by atoms with Crippen molar-refractivity contribution in [3.63, 3.8) is 0 Å². The predicted octanol–water partition coefficient (Wildman–Crippen LogP) is 8.60. The predicted molar refractivity (Wildman–Crippen MR) is 205 cm³/mol. The molecule has 5 aliphatic rings. The lowest BCUT2D eigenvalue weighted by Crippen LogP contribution is -2.52. The van der Waals surface area contributed by atoms with Crippen molar-refractivity contribution in [2.45, 2.75) is 128 Å². The first kappa shape index (κ1) is 36.8. The monoisotopic (exact) mass is 728 g/mol. The molecule has 2 aromatic heterocycles. The summed E-state index contributed by atoms with van der Waals surface area (Å²) in [4.78, 5) is 42.0. The highest BCUT2D eigenvalue weighted by Gasteiger charge is 2.51. The number of aliphatic hydroxyl groups excluding tert-OH is 1. The summed E-state index contributed by atoms with van der Waals surface area (Å²) in [6.45, 7) is 10.4. The molecule has 2 amide bonds. The van der Waals surface area contributed by atoms with E-state index in [1.807, 2.05) is 23.4 Å². The number of thiazole rings is 1. The molecule has 0 spiro atoms. The second kappa shape index (κ2) is 14.7. The van der Waals surface area contributed by atoms with Crippen LogP contribution in [0, 0.1) is 18.3 Å². The van der Waals surface area contributed by atoms with Crippen LogP contribution in [0.15, 0.2) is 42.7 Å². The first-order valence-corrected chi connectivity index (χ1v) is 20.2. The zero-order valence-corrected chi connectivity index (χ0v) is 32.5. The van der Waals surface area contributed by atoms with Crippen molar-refractivity contribution in [1.82, 2.24) is 14.9 Å². The summed E-state index contributed by atoms with van der Waals surface area (Å²) < 4.78 is 11.5. The number of rotatable bonds is 8. The van der Waals surface area contributed by atoms with Crippen LogP contribution >= 0.6 is 11.3 Å². The van der Waals surface area contributed by atoms with Gasteiger partial charge in [0.05, 0.1) is 23.1 Å². The van der Waals surface area contributed by atoms with Gasteiger partial charge in [0, 0.05) is 43.4 Å². The first-order chi connectivity index (χ1) is 24.9. The van der Waals surface area contributed by atoms with Crippen molar-refractivity contribution >= 4 is 29.2 Å². The number of aliphatic hydroxyl groups is 1. The molecule has 9 nitrogen and oxygen atoms in total. The quantitative estimate of drug-likeness (QED) is 0.248. The van der Waals surface area contributed by atoms with Crippen LogP contribution in [0.25, 0.3) is 10.4 Å². The van der Waals surface area contributed by atoms with Gasteiger partial charge in [0.1, 0.15) is 17.7 Å². The lowest BCUT2D eigenvalue weighted by Gasteiger charge is -2.55. The van der Waals surface area contributed by atoms with E-state index in [2.05, 4.69) is 52.0 Å². The smallest absolute Gasteiger partial charge is 0.410 e. The van der Waals surface area contributed by atoms with Gasteiger partial charge < -0.3 is 19.5 Å². The Balaban J connectivity index is 1.09. The second-order valence-electron chi connectivity index (χ2n) is 17.1. The number of amides is 2. The molecule has 0 radical (unpaired) electrons. The maximum Gasteiger partial charge on any atom is 0.410 e. The van der Waals surface area contributed by atoms with E-state index in [-0.39, 0.29) is 46.4 Å². The largest absolute Gasteiger partial charge is 0.496 e.